The third kappa shape index (κ3) is 4.78. The van der Waals surface area contributed by atoms with E-state index in [2.05, 4.69) is 5.32 Å². The topological polar surface area (TPSA) is 86.8 Å². The summed E-state index contributed by atoms with van der Waals surface area (Å²) in [5.74, 6) is -1.41. The normalized spacial score (nSPS) is 25.9. The van der Waals surface area contributed by atoms with Gasteiger partial charge in [0.2, 0.25) is 11.8 Å². The third-order valence-electron chi connectivity index (χ3n) is 6.75. The number of fused-ring (bicyclic) bond motifs is 1. The van der Waals surface area contributed by atoms with Gasteiger partial charge in [-0.05, 0) is 31.4 Å². The highest BCUT2D eigenvalue weighted by molar-refractivity contribution is 6.30. The molecule has 0 spiro atoms. The summed E-state index contributed by atoms with van der Waals surface area (Å²) >= 11 is 5.81. The highest BCUT2D eigenvalue weighted by Crippen LogP contribution is 2.35. The van der Waals surface area contributed by atoms with Gasteiger partial charge in [-0.25, -0.2) is 4.39 Å². The molecule has 1 N–H and O–H groups in total. The molecule has 4 rings (SSSR count). The molecule has 3 aliphatic rings. The Hall–Kier alpha value is -3.00. The molecule has 0 aromatic heterocycles. The Balaban J connectivity index is 1.45. The van der Waals surface area contributed by atoms with Crippen LogP contribution >= 0.6 is 11.6 Å². The highest BCUT2D eigenvalue weighted by atomic mass is 35.5. The number of carbonyl (C=O) groups excluding carboxylic acids is 4. The molecule has 1 fully saturated rings. The Morgan fingerprint density at radius 1 is 1.26 bits per heavy atom. The molecule has 2 aliphatic heterocycles. The number of ketones is 2. The fourth-order valence-electron chi connectivity index (χ4n) is 5.03. The van der Waals surface area contributed by atoms with Gasteiger partial charge < -0.3 is 15.1 Å². The van der Waals surface area contributed by atoms with Crippen LogP contribution in [0.4, 0.5) is 4.39 Å². The molecule has 0 saturated carbocycles. The lowest BCUT2D eigenvalue weighted by Crippen LogP contribution is -2.49. The molecule has 1 saturated heterocycles. The number of hydrogen-bond donors (Lipinski definition) is 1. The van der Waals surface area contributed by atoms with Crippen LogP contribution in [-0.4, -0.2) is 58.4 Å². The lowest BCUT2D eigenvalue weighted by Gasteiger charge is -2.32. The summed E-state index contributed by atoms with van der Waals surface area (Å²) in [6.07, 6.45) is 5.63. The Labute approximate surface area is 202 Å². The van der Waals surface area contributed by atoms with Gasteiger partial charge in [-0.15, -0.1) is 0 Å². The molecule has 1 aromatic carbocycles. The van der Waals surface area contributed by atoms with E-state index in [0.717, 1.165) is 0 Å². The first-order valence-electron chi connectivity index (χ1n) is 11.3. The van der Waals surface area contributed by atoms with Crippen LogP contribution in [0.25, 0.3) is 0 Å². The van der Waals surface area contributed by atoms with E-state index in [-0.39, 0.29) is 71.4 Å². The zero-order chi connectivity index (χ0) is 24.6. The molecule has 180 valence electrons. The standard InChI is InChI=1S/C25H27ClFN3O4/c1-14-8-22(25(34)28-10-16-4-3-5-20(26)24(16)27)30(11-14)23(33)13-29-12-19(15(2)31)18-7-6-17(32)9-21(18)29/h3-7,12,14,18,21-22H,8-11,13H2,1-2H3,(H,28,34). The monoisotopic (exact) mass is 487 g/mol. The molecule has 4 unspecified atom stereocenters. The van der Waals surface area contributed by atoms with Gasteiger partial charge in [-0.3, -0.25) is 19.2 Å². The second-order valence-electron chi connectivity index (χ2n) is 9.27. The van der Waals surface area contributed by atoms with E-state index in [1.165, 1.54) is 19.1 Å². The summed E-state index contributed by atoms with van der Waals surface area (Å²) in [7, 11) is 0. The second-order valence-corrected chi connectivity index (χ2v) is 9.68. The second kappa shape index (κ2) is 9.70. The number of carbonyl (C=O) groups is 4. The Morgan fingerprint density at radius 2 is 2.03 bits per heavy atom. The third-order valence-corrected chi connectivity index (χ3v) is 7.04. The lowest BCUT2D eigenvalue weighted by atomic mass is 9.85. The molecule has 2 amide bonds. The maximum absolute atomic E-state index is 14.2. The van der Waals surface area contributed by atoms with Crippen molar-refractivity contribution in [1.82, 2.24) is 15.1 Å². The Morgan fingerprint density at radius 3 is 2.76 bits per heavy atom. The summed E-state index contributed by atoms with van der Waals surface area (Å²) in [5.41, 5.74) is 0.846. The van der Waals surface area contributed by atoms with Crippen LogP contribution in [0.1, 0.15) is 32.3 Å². The number of likely N-dealkylation sites (tertiary alicyclic amines) is 1. The molecule has 0 radical (unpaired) electrons. The minimum atomic E-state index is -0.674. The maximum Gasteiger partial charge on any atom is 0.243 e. The van der Waals surface area contributed by atoms with Crippen LogP contribution in [-0.2, 0) is 25.7 Å². The molecule has 9 heteroatoms. The quantitative estimate of drug-likeness (QED) is 0.666. The van der Waals surface area contributed by atoms with E-state index in [0.29, 0.717) is 18.5 Å². The molecule has 4 atom stereocenters. The number of allylic oxidation sites excluding steroid dienone is 1. The first-order chi connectivity index (χ1) is 16.2. The Kier molecular flexibility index (Phi) is 6.89. The van der Waals surface area contributed by atoms with E-state index < -0.39 is 11.9 Å². The predicted molar refractivity (Wildman–Crippen MR) is 124 cm³/mol. The lowest BCUT2D eigenvalue weighted by molar-refractivity contribution is -0.139. The van der Waals surface area contributed by atoms with Gasteiger partial charge in [-0.1, -0.05) is 36.7 Å². The van der Waals surface area contributed by atoms with E-state index in [9.17, 15) is 23.6 Å². The van der Waals surface area contributed by atoms with Gasteiger partial charge in [0, 0.05) is 48.8 Å². The van der Waals surface area contributed by atoms with Crippen LogP contribution in [0.3, 0.4) is 0 Å². The number of rotatable bonds is 6. The van der Waals surface area contributed by atoms with Crippen molar-refractivity contribution in [2.24, 2.45) is 11.8 Å². The largest absolute Gasteiger partial charge is 0.363 e. The minimum Gasteiger partial charge on any atom is -0.363 e. The Bertz CT molecular complexity index is 1100. The van der Waals surface area contributed by atoms with Crippen molar-refractivity contribution in [3.8, 4) is 0 Å². The van der Waals surface area contributed by atoms with Gasteiger partial charge in [0.25, 0.3) is 0 Å². The smallest absolute Gasteiger partial charge is 0.243 e. The van der Waals surface area contributed by atoms with Crippen LogP contribution in [0.2, 0.25) is 5.02 Å². The van der Waals surface area contributed by atoms with Crippen molar-refractivity contribution in [1.29, 1.82) is 0 Å². The number of amides is 2. The molecular weight excluding hydrogens is 461 g/mol. The van der Waals surface area contributed by atoms with E-state index in [1.807, 2.05) is 6.92 Å². The molecule has 1 aliphatic carbocycles. The number of hydrogen-bond acceptors (Lipinski definition) is 5. The van der Waals surface area contributed by atoms with E-state index >= 15 is 0 Å². The average molecular weight is 488 g/mol. The summed E-state index contributed by atoms with van der Waals surface area (Å²) in [4.78, 5) is 53.6. The predicted octanol–water partition coefficient (Wildman–Crippen LogP) is 2.63. The van der Waals surface area contributed by atoms with Crippen LogP contribution in [0, 0.1) is 17.7 Å². The van der Waals surface area contributed by atoms with Crippen LogP contribution < -0.4 is 5.32 Å². The van der Waals surface area contributed by atoms with Gasteiger partial charge in [0.1, 0.15) is 11.9 Å². The molecule has 7 nitrogen and oxygen atoms in total. The van der Waals surface area contributed by atoms with Crippen LogP contribution in [0.15, 0.2) is 42.1 Å². The summed E-state index contributed by atoms with van der Waals surface area (Å²) in [6.45, 7) is 3.80. The van der Waals surface area contributed by atoms with Crippen molar-refractivity contribution >= 4 is 35.0 Å². The number of benzene rings is 1. The van der Waals surface area contributed by atoms with Crippen molar-refractivity contribution in [3.63, 3.8) is 0 Å². The first-order valence-corrected chi connectivity index (χ1v) is 11.7. The minimum absolute atomic E-state index is 0.0176. The van der Waals surface area contributed by atoms with Crippen molar-refractivity contribution in [2.75, 3.05) is 13.1 Å². The van der Waals surface area contributed by atoms with Gasteiger partial charge in [-0.2, -0.15) is 0 Å². The number of nitrogens with zero attached hydrogens (tertiary/aromatic N) is 2. The van der Waals surface area contributed by atoms with Gasteiger partial charge in [0.05, 0.1) is 11.6 Å². The maximum atomic E-state index is 14.2. The molecule has 2 heterocycles. The van der Waals surface area contributed by atoms with Gasteiger partial charge in [0.15, 0.2) is 11.6 Å². The van der Waals surface area contributed by atoms with Crippen LogP contribution in [0.5, 0.6) is 0 Å². The van der Waals surface area contributed by atoms with Crippen molar-refractivity contribution in [2.45, 2.75) is 45.3 Å². The average Bonchev–Trinajstić information content (AvgIpc) is 3.35. The fraction of sp³-hybridized carbons (Fsp3) is 0.440. The van der Waals surface area contributed by atoms with E-state index in [4.69, 9.17) is 11.6 Å². The molecule has 34 heavy (non-hydrogen) atoms. The summed E-state index contributed by atoms with van der Waals surface area (Å²) < 4.78 is 14.2. The molecule has 1 aromatic rings. The number of Topliss-reactive ketones (excluding diaryl/α,β-unsaturated/α-hetero) is 1. The zero-order valence-electron chi connectivity index (χ0n) is 19.1. The van der Waals surface area contributed by atoms with E-state index in [1.54, 1.807) is 34.2 Å². The highest BCUT2D eigenvalue weighted by Gasteiger charge is 2.42. The zero-order valence-corrected chi connectivity index (χ0v) is 19.8. The fourth-order valence-corrected chi connectivity index (χ4v) is 5.22. The number of nitrogens with one attached hydrogen (secondary N) is 1. The SMILES string of the molecule is CC(=O)C1=CN(CC(=O)N2CC(C)CC2C(=O)NCc2cccc(Cl)c2F)C2CC(=O)C=CC12. The van der Waals surface area contributed by atoms with Crippen molar-refractivity contribution < 1.29 is 23.6 Å². The number of halogens is 2. The molecule has 0 bridgehead atoms. The van der Waals surface area contributed by atoms with Gasteiger partial charge >= 0.3 is 0 Å². The first kappa shape index (κ1) is 24.1. The van der Waals surface area contributed by atoms with Crippen molar-refractivity contribution in [3.05, 3.63) is 58.5 Å². The molecular formula is C25H27ClFN3O4. The summed E-state index contributed by atoms with van der Waals surface area (Å²) in [6, 6.07) is 3.64. The summed E-state index contributed by atoms with van der Waals surface area (Å²) in [5, 5.41) is 2.71.